The van der Waals surface area contributed by atoms with Crippen molar-refractivity contribution in [3.63, 3.8) is 0 Å². The second-order valence-corrected chi connectivity index (χ2v) is 4.75. The molecule has 1 atom stereocenters. The topological polar surface area (TPSA) is 12.0 Å². The van der Waals surface area contributed by atoms with Gasteiger partial charge in [-0.15, -0.1) is 0 Å². The number of hydrogen-bond acceptors (Lipinski definition) is 1. The van der Waals surface area contributed by atoms with Gasteiger partial charge in [-0.1, -0.05) is 31.6 Å². The van der Waals surface area contributed by atoms with Crippen LogP contribution in [0.4, 0.5) is 0 Å². The van der Waals surface area contributed by atoms with Crippen LogP contribution in [-0.2, 0) is 0 Å². The molecular weight excluding hydrogens is 194 g/mol. The van der Waals surface area contributed by atoms with E-state index in [-0.39, 0.29) is 0 Å². The molecule has 0 aromatic carbocycles. The highest BCUT2D eigenvalue weighted by Gasteiger charge is 2.14. The Morgan fingerprint density at radius 1 is 1.19 bits per heavy atom. The first kappa shape index (κ1) is 15.0. The summed E-state index contributed by atoms with van der Waals surface area (Å²) in [5, 5.41) is 3.34. The zero-order valence-electron chi connectivity index (χ0n) is 12.0. The van der Waals surface area contributed by atoms with Crippen molar-refractivity contribution in [3.05, 3.63) is 34.6 Å². The largest absolute Gasteiger partial charge is 0.388 e. The molecule has 0 aliphatic rings. The minimum Gasteiger partial charge on any atom is -0.388 e. The van der Waals surface area contributed by atoms with E-state index in [0.29, 0.717) is 5.92 Å². The van der Waals surface area contributed by atoms with Crippen LogP contribution in [0.1, 0.15) is 48.0 Å². The van der Waals surface area contributed by atoms with E-state index in [1.807, 2.05) is 7.05 Å². The van der Waals surface area contributed by atoms with E-state index in [0.717, 1.165) is 6.42 Å². The highest BCUT2D eigenvalue weighted by atomic mass is 14.8. The molecule has 0 aromatic rings. The molecule has 0 rings (SSSR count). The molecule has 0 heterocycles. The minimum absolute atomic E-state index is 0.550. The SMILES string of the molecule is C=C(C)/C(=C(/NC)C(C)=C(C)C)C(C)CC. The second kappa shape index (κ2) is 6.57. The number of allylic oxidation sites excluding steroid dienone is 4. The van der Waals surface area contributed by atoms with E-state index in [1.165, 1.54) is 28.0 Å². The third-order valence-electron chi connectivity index (χ3n) is 3.21. The van der Waals surface area contributed by atoms with Gasteiger partial charge >= 0.3 is 0 Å². The molecule has 0 spiro atoms. The third kappa shape index (κ3) is 3.55. The Morgan fingerprint density at radius 3 is 1.94 bits per heavy atom. The van der Waals surface area contributed by atoms with Crippen LogP contribution in [-0.4, -0.2) is 7.05 Å². The molecule has 16 heavy (non-hydrogen) atoms. The molecular formula is C15H27N. The highest BCUT2D eigenvalue weighted by Crippen LogP contribution is 2.27. The van der Waals surface area contributed by atoms with Gasteiger partial charge in [-0.2, -0.15) is 0 Å². The van der Waals surface area contributed by atoms with Crippen molar-refractivity contribution in [2.45, 2.75) is 48.0 Å². The molecule has 0 bridgehead atoms. The lowest BCUT2D eigenvalue weighted by Gasteiger charge is -2.22. The van der Waals surface area contributed by atoms with Gasteiger partial charge in [0.2, 0.25) is 0 Å². The Kier molecular flexibility index (Phi) is 6.17. The Labute approximate surface area is 101 Å². The van der Waals surface area contributed by atoms with Crippen molar-refractivity contribution < 1.29 is 0 Å². The van der Waals surface area contributed by atoms with Crippen molar-refractivity contribution in [1.82, 2.24) is 5.32 Å². The van der Waals surface area contributed by atoms with Gasteiger partial charge < -0.3 is 5.32 Å². The van der Waals surface area contributed by atoms with E-state index in [9.17, 15) is 0 Å². The summed E-state index contributed by atoms with van der Waals surface area (Å²) in [7, 11) is 1.99. The van der Waals surface area contributed by atoms with Gasteiger partial charge in [0.15, 0.2) is 0 Å². The van der Waals surface area contributed by atoms with Gasteiger partial charge in [0, 0.05) is 12.7 Å². The first-order valence-corrected chi connectivity index (χ1v) is 6.08. The smallest absolute Gasteiger partial charge is 0.0404 e. The molecule has 1 nitrogen and oxygen atoms in total. The highest BCUT2D eigenvalue weighted by molar-refractivity contribution is 5.43. The van der Waals surface area contributed by atoms with Gasteiger partial charge in [-0.05, 0) is 51.2 Å². The van der Waals surface area contributed by atoms with Crippen molar-refractivity contribution in [2.24, 2.45) is 5.92 Å². The molecule has 1 N–H and O–H groups in total. The quantitative estimate of drug-likeness (QED) is 0.677. The van der Waals surface area contributed by atoms with Crippen LogP contribution in [0.2, 0.25) is 0 Å². The van der Waals surface area contributed by atoms with Crippen LogP contribution in [0, 0.1) is 5.92 Å². The Hall–Kier alpha value is -0.980. The molecule has 92 valence electrons. The summed E-state index contributed by atoms with van der Waals surface area (Å²) in [6.07, 6.45) is 1.14. The van der Waals surface area contributed by atoms with Gasteiger partial charge in [-0.25, -0.2) is 0 Å². The van der Waals surface area contributed by atoms with Crippen LogP contribution in [0.5, 0.6) is 0 Å². The Bertz CT molecular complexity index is 314. The molecule has 1 unspecified atom stereocenters. The molecule has 0 aromatic heterocycles. The second-order valence-electron chi connectivity index (χ2n) is 4.75. The van der Waals surface area contributed by atoms with Crippen LogP contribution < -0.4 is 5.32 Å². The average molecular weight is 221 g/mol. The molecule has 0 aliphatic carbocycles. The normalized spacial score (nSPS) is 13.9. The van der Waals surface area contributed by atoms with Crippen molar-refractivity contribution in [2.75, 3.05) is 7.05 Å². The first-order valence-electron chi connectivity index (χ1n) is 6.08. The lowest BCUT2D eigenvalue weighted by atomic mass is 9.88. The van der Waals surface area contributed by atoms with Crippen LogP contribution in [0.3, 0.4) is 0 Å². The first-order chi connectivity index (χ1) is 7.36. The lowest BCUT2D eigenvalue weighted by molar-refractivity contribution is 0.648. The molecule has 0 fully saturated rings. The average Bonchev–Trinajstić information content (AvgIpc) is 2.22. The van der Waals surface area contributed by atoms with E-state index < -0.39 is 0 Å². The number of likely N-dealkylation sites (N-methyl/N-ethyl adjacent to an activating group) is 1. The summed E-state index contributed by atoms with van der Waals surface area (Å²) in [5.74, 6) is 0.550. The number of hydrogen-bond donors (Lipinski definition) is 1. The predicted octanol–water partition coefficient (Wildman–Crippen LogP) is 4.44. The summed E-state index contributed by atoms with van der Waals surface area (Å²) in [6.45, 7) is 17.2. The summed E-state index contributed by atoms with van der Waals surface area (Å²) >= 11 is 0. The molecule has 0 aliphatic heterocycles. The standard InChI is InChI=1S/C15H27N/c1-9-12(6)14(11(4)5)15(16-8)13(7)10(2)3/h12,16H,4,9H2,1-3,5-8H3/b15-14-. The molecule has 0 saturated heterocycles. The molecule has 0 radical (unpaired) electrons. The van der Waals surface area contributed by atoms with Crippen molar-refractivity contribution in [1.29, 1.82) is 0 Å². The Morgan fingerprint density at radius 2 is 1.69 bits per heavy atom. The maximum atomic E-state index is 4.11. The van der Waals surface area contributed by atoms with E-state index in [4.69, 9.17) is 0 Å². The third-order valence-corrected chi connectivity index (χ3v) is 3.21. The molecule has 0 amide bonds. The fourth-order valence-corrected chi connectivity index (χ4v) is 1.86. The lowest BCUT2D eigenvalue weighted by Crippen LogP contribution is -2.15. The van der Waals surface area contributed by atoms with E-state index in [1.54, 1.807) is 0 Å². The van der Waals surface area contributed by atoms with Crippen LogP contribution in [0.15, 0.2) is 34.6 Å². The fraction of sp³-hybridized carbons (Fsp3) is 0.600. The van der Waals surface area contributed by atoms with E-state index >= 15 is 0 Å². The van der Waals surface area contributed by atoms with Gasteiger partial charge in [0.25, 0.3) is 0 Å². The molecule has 0 saturated carbocycles. The van der Waals surface area contributed by atoms with E-state index in [2.05, 4.69) is 53.4 Å². The Balaban J connectivity index is 5.70. The number of nitrogens with one attached hydrogen (secondary N) is 1. The fourth-order valence-electron chi connectivity index (χ4n) is 1.86. The van der Waals surface area contributed by atoms with Crippen molar-refractivity contribution >= 4 is 0 Å². The summed E-state index contributed by atoms with van der Waals surface area (Å²) in [4.78, 5) is 0. The van der Waals surface area contributed by atoms with Gasteiger partial charge in [-0.3, -0.25) is 0 Å². The van der Waals surface area contributed by atoms with Crippen molar-refractivity contribution in [3.8, 4) is 0 Å². The van der Waals surface area contributed by atoms with Gasteiger partial charge in [0.1, 0.15) is 0 Å². The zero-order chi connectivity index (χ0) is 12.9. The van der Waals surface area contributed by atoms with Gasteiger partial charge in [0.05, 0.1) is 0 Å². The predicted molar refractivity (Wildman–Crippen MR) is 74.4 cm³/mol. The molecule has 1 heteroatoms. The maximum Gasteiger partial charge on any atom is 0.0404 e. The minimum atomic E-state index is 0.550. The van der Waals surface area contributed by atoms with Crippen LogP contribution >= 0.6 is 0 Å². The number of rotatable bonds is 5. The summed E-state index contributed by atoms with van der Waals surface area (Å²) in [6, 6.07) is 0. The van der Waals surface area contributed by atoms with Crippen LogP contribution in [0.25, 0.3) is 0 Å². The zero-order valence-corrected chi connectivity index (χ0v) is 12.0. The monoisotopic (exact) mass is 221 g/mol. The summed E-state index contributed by atoms with van der Waals surface area (Å²) in [5.41, 5.74) is 6.47. The summed E-state index contributed by atoms with van der Waals surface area (Å²) < 4.78 is 0. The maximum absolute atomic E-state index is 4.11.